The Labute approximate surface area is 130 Å². The fraction of sp³-hybridized carbons (Fsp3) is 0.471. The zero-order valence-corrected chi connectivity index (χ0v) is 13.2. The minimum Gasteiger partial charge on any atom is -0.350 e. The second-order valence-corrected chi connectivity index (χ2v) is 6.26. The van der Waals surface area contributed by atoms with E-state index in [1.54, 1.807) is 12.1 Å². The van der Waals surface area contributed by atoms with Crippen LogP contribution in [0.5, 0.6) is 0 Å². The number of hydrogen-bond acceptors (Lipinski definition) is 1. The highest BCUT2D eigenvalue weighted by atomic mass is 35.5. The second-order valence-electron chi connectivity index (χ2n) is 5.85. The van der Waals surface area contributed by atoms with Gasteiger partial charge in [0.15, 0.2) is 0 Å². The van der Waals surface area contributed by atoms with Crippen LogP contribution in [0.2, 0.25) is 5.02 Å². The number of halogens is 2. The highest BCUT2D eigenvalue weighted by Gasteiger charge is 2.27. The van der Waals surface area contributed by atoms with Gasteiger partial charge in [-0.1, -0.05) is 44.4 Å². The lowest BCUT2D eigenvalue weighted by Gasteiger charge is -2.34. The lowest BCUT2D eigenvalue weighted by atomic mass is 9.78. The molecule has 21 heavy (non-hydrogen) atoms. The van der Waals surface area contributed by atoms with Gasteiger partial charge in [-0.15, -0.1) is 0 Å². The van der Waals surface area contributed by atoms with Crippen LogP contribution in [-0.2, 0) is 4.79 Å². The molecule has 1 N–H and O–H groups in total. The number of amides is 1. The lowest BCUT2D eigenvalue weighted by Crippen LogP contribution is -2.43. The molecular weight excluding hydrogens is 289 g/mol. The van der Waals surface area contributed by atoms with Crippen LogP contribution in [0.1, 0.15) is 38.7 Å². The van der Waals surface area contributed by atoms with Gasteiger partial charge in [0.25, 0.3) is 0 Å². The number of hydrogen-bond donors (Lipinski definition) is 1. The predicted octanol–water partition coefficient (Wildman–Crippen LogP) is 4.43. The Morgan fingerprint density at radius 1 is 1.38 bits per heavy atom. The Kier molecular flexibility index (Phi) is 5.40. The van der Waals surface area contributed by atoms with E-state index in [1.807, 2.05) is 0 Å². The molecule has 0 radical (unpaired) electrons. The maximum atomic E-state index is 13.6. The van der Waals surface area contributed by atoms with Gasteiger partial charge < -0.3 is 5.32 Å². The molecule has 1 aliphatic carbocycles. The molecule has 0 aromatic heterocycles. The monoisotopic (exact) mass is 309 g/mol. The van der Waals surface area contributed by atoms with E-state index in [0.29, 0.717) is 16.9 Å². The third-order valence-corrected chi connectivity index (χ3v) is 4.77. The highest BCUT2D eigenvalue weighted by molar-refractivity contribution is 6.32. The van der Waals surface area contributed by atoms with Crippen LogP contribution in [0.4, 0.5) is 4.39 Å². The fourth-order valence-corrected chi connectivity index (χ4v) is 3.07. The number of carbonyl (C=O) groups is 1. The van der Waals surface area contributed by atoms with Crippen molar-refractivity contribution in [1.29, 1.82) is 0 Å². The van der Waals surface area contributed by atoms with E-state index in [0.717, 1.165) is 12.8 Å². The molecule has 0 heterocycles. The van der Waals surface area contributed by atoms with Gasteiger partial charge in [0.1, 0.15) is 5.82 Å². The van der Waals surface area contributed by atoms with Crippen LogP contribution in [0, 0.1) is 17.7 Å². The molecule has 1 aromatic carbocycles. The largest absolute Gasteiger partial charge is 0.350 e. The van der Waals surface area contributed by atoms with Crippen molar-refractivity contribution in [1.82, 2.24) is 5.32 Å². The molecule has 1 aromatic rings. The summed E-state index contributed by atoms with van der Waals surface area (Å²) in [6.45, 7) is 4.39. The molecule has 0 bridgehead atoms. The summed E-state index contributed by atoms with van der Waals surface area (Å²) in [5, 5.41) is 3.32. The van der Waals surface area contributed by atoms with E-state index in [9.17, 15) is 9.18 Å². The van der Waals surface area contributed by atoms with E-state index in [2.05, 4.69) is 19.2 Å². The van der Waals surface area contributed by atoms with Gasteiger partial charge in [-0.2, -0.15) is 0 Å². The van der Waals surface area contributed by atoms with E-state index in [1.165, 1.54) is 24.6 Å². The summed E-state index contributed by atoms with van der Waals surface area (Å²) in [7, 11) is 0. The molecule has 1 saturated carbocycles. The Morgan fingerprint density at radius 2 is 2.14 bits per heavy atom. The van der Waals surface area contributed by atoms with Gasteiger partial charge in [0, 0.05) is 17.7 Å². The molecule has 1 amide bonds. The molecule has 0 spiro atoms. The first-order valence-corrected chi connectivity index (χ1v) is 7.79. The van der Waals surface area contributed by atoms with Crippen LogP contribution in [0.15, 0.2) is 24.3 Å². The van der Waals surface area contributed by atoms with Gasteiger partial charge in [0.05, 0.1) is 5.02 Å². The average molecular weight is 310 g/mol. The van der Waals surface area contributed by atoms with Crippen molar-refractivity contribution in [2.75, 3.05) is 0 Å². The Bertz CT molecular complexity index is 523. The van der Waals surface area contributed by atoms with Gasteiger partial charge >= 0.3 is 0 Å². The highest BCUT2D eigenvalue weighted by Crippen LogP contribution is 2.29. The number of carbonyl (C=O) groups excluding carboxylic acids is 1. The molecule has 2 rings (SSSR count). The Morgan fingerprint density at radius 3 is 2.86 bits per heavy atom. The van der Waals surface area contributed by atoms with Crippen LogP contribution < -0.4 is 5.32 Å². The summed E-state index contributed by atoms with van der Waals surface area (Å²) in [5.41, 5.74) is 0.249. The zero-order chi connectivity index (χ0) is 15.4. The first-order chi connectivity index (χ1) is 9.99. The van der Waals surface area contributed by atoms with E-state index >= 15 is 0 Å². The molecule has 114 valence electrons. The van der Waals surface area contributed by atoms with Crippen LogP contribution >= 0.6 is 11.6 Å². The van der Waals surface area contributed by atoms with Crippen molar-refractivity contribution in [2.24, 2.45) is 11.8 Å². The summed E-state index contributed by atoms with van der Waals surface area (Å²) in [6.07, 6.45) is 6.15. The Hall–Kier alpha value is -1.35. The molecule has 2 nitrogen and oxygen atoms in total. The van der Waals surface area contributed by atoms with Crippen molar-refractivity contribution in [2.45, 2.75) is 39.2 Å². The lowest BCUT2D eigenvalue weighted by molar-refractivity contribution is -0.117. The SMILES string of the molecule is C[C@H]1[C@H](C)CCC[C@@H]1NC(=O)/C=C\c1c(F)cccc1Cl. The fourth-order valence-electron chi connectivity index (χ4n) is 2.85. The summed E-state index contributed by atoms with van der Waals surface area (Å²) in [4.78, 5) is 12.0. The number of nitrogens with one attached hydrogen (secondary N) is 1. The molecule has 0 saturated heterocycles. The van der Waals surface area contributed by atoms with Crippen molar-refractivity contribution >= 4 is 23.6 Å². The topological polar surface area (TPSA) is 29.1 Å². The van der Waals surface area contributed by atoms with Crippen molar-refractivity contribution in [3.63, 3.8) is 0 Å². The smallest absolute Gasteiger partial charge is 0.244 e. The van der Waals surface area contributed by atoms with E-state index in [-0.39, 0.29) is 17.5 Å². The normalized spacial score (nSPS) is 26.0. The van der Waals surface area contributed by atoms with Crippen LogP contribution in [-0.4, -0.2) is 11.9 Å². The van der Waals surface area contributed by atoms with Gasteiger partial charge in [-0.25, -0.2) is 4.39 Å². The van der Waals surface area contributed by atoms with Gasteiger partial charge in [-0.05, 0) is 36.5 Å². The third kappa shape index (κ3) is 4.07. The molecule has 3 atom stereocenters. The van der Waals surface area contributed by atoms with Crippen LogP contribution in [0.3, 0.4) is 0 Å². The minimum absolute atomic E-state index is 0.194. The summed E-state index contributed by atoms with van der Waals surface area (Å²) < 4.78 is 13.6. The third-order valence-electron chi connectivity index (χ3n) is 4.44. The number of benzene rings is 1. The van der Waals surface area contributed by atoms with Crippen molar-refractivity contribution < 1.29 is 9.18 Å². The summed E-state index contributed by atoms with van der Waals surface area (Å²) in [5.74, 6) is 0.466. The predicted molar refractivity (Wildman–Crippen MR) is 84.6 cm³/mol. The summed E-state index contributed by atoms with van der Waals surface area (Å²) >= 11 is 5.92. The molecule has 0 aliphatic heterocycles. The van der Waals surface area contributed by atoms with E-state index in [4.69, 9.17) is 11.6 Å². The second kappa shape index (κ2) is 7.08. The van der Waals surface area contributed by atoms with Gasteiger partial charge in [0.2, 0.25) is 5.91 Å². The zero-order valence-electron chi connectivity index (χ0n) is 12.4. The molecule has 1 fully saturated rings. The molecule has 0 unspecified atom stereocenters. The summed E-state index contributed by atoms with van der Waals surface area (Å²) in [6, 6.07) is 4.67. The molecule has 1 aliphatic rings. The van der Waals surface area contributed by atoms with Crippen LogP contribution in [0.25, 0.3) is 6.08 Å². The standard InChI is InChI=1S/C17H21ClFNO/c1-11-5-3-8-16(12(11)2)20-17(21)10-9-13-14(18)6-4-7-15(13)19/h4,6-7,9-12,16H,3,5,8H2,1-2H3,(H,20,21)/b10-9-/t11-,12+,16+/m1/s1. The van der Waals surface area contributed by atoms with Gasteiger partial charge in [-0.3, -0.25) is 4.79 Å². The minimum atomic E-state index is -0.425. The van der Waals surface area contributed by atoms with Crippen molar-refractivity contribution in [3.05, 3.63) is 40.7 Å². The van der Waals surface area contributed by atoms with E-state index < -0.39 is 5.82 Å². The maximum absolute atomic E-state index is 13.6. The number of rotatable bonds is 3. The molecule has 4 heteroatoms. The van der Waals surface area contributed by atoms with Crippen molar-refractivity contribution in [3.8, 4) is 0 Å². The Balaban J connectivity index is 2.00. The quantitative estimate of drug-likeness (QED) is 0.822. The first-order valence-electron chi connectivity index (χ1n) is 7.41. The molecular formula is C17H21ClFNO. The average Bonchev–Trinajstić information content (AvgIpc) is 2.43. The first kappa shape index (κ1) is 16.0. The maximum Gasteiger partial charge on any atom is 0.244 e.